The van der Waals surface area contributed by atoms with Crippen molar-refractivity contribution >= 4 is 11.6 Å². The van der Waals surface area contributed by atoms with Gasteiger partial charge in [0.1, 0.15) is 5.75 Å². The van der Waals surface area contributed by atoms with E-state index in [2.05, 4.69) is 13.8 Å². The fourth-order valence-electron chi connectivity index (χ4n) is 3.38. The van der Waals surface area contributed by atoms with E-state index in [1.807, 2.05) is 6.07 Å². The fraction of sp³-hybridized carbons (Fsp3) is 0.647. The van der Waals surface area contributed by atoms with Crippen molar-refractivity contribution < 1.29 is 5.11 Å². The fourth-order valence-corrected chi connectivity index (χ4v) is 3.55. The average Bonchev–Trinajstić information content (AvgIpc) is 2.40. The van der Waals surface area contributed by atoms with E-state index in [0.29, 0.717) is 11.7 Å². The van der Waals surface area contributed by atoms with Gasteiger partial charge in [-0.05, 0) is 48.8 Å². The number of benzene rings is 1. The van der Waals surface area contributed by atoms with Gasteiger partial charge in [-0.15, -0.1) is 0 Å². The first-order chi connectivity index (χ1) is 9.03. The monoisotopic (exact) mass is 280 g/mol. The summed E-state index contributed by atoms with van der Waals surface area (Å²) in [5, 5.41) is 11.0. The summed E-state index contributed by atoms with van der Waals surface area (Å²) >= 11 is 6.15. The average molecular weight is 281 g/mol. The SMILES string of the molecule is CC(C)CCC1(c2cc(Cl)ccc2O)CCCCC1. The van der Waals surface area contributed by atoms with Crippen molar-refractivity contribution in [1.82, 2.24) is 0 Å². The van der Waals surface area contributed by atoms with E-state index in [9.17, 15) is 5.11 Å². The molecule has 1 aliphatic carbocycles. The normalized spacial score (nSPS) is 18.7. The summed E-state index contributed by atoms with van der Waals surface area (Å²) in [7, 11) is 0. The maximum absolute atomic E-state index is 10.3. The summed E-state index contributed by atoms with van der Waals surface area (Å²) < 4.78 is 0. The van der Waals surface area contributed by atoms with Crippen LogP contribution in [0.2, 0.25) is 5.02 Å². The lowest BCUT2D eigenvalue weighted by Crippen LogP contribution is -2.29. The van der Waals surface area contributed by atoms with E-state index in [1.54, 1.807) is 12.1 Å². The van der Waals surface area contributed by atoms with E-state index in [1.165, 1.54) is 44.9 Å². The van der Waals surface area contributed by atoms with Crippen LogP contribution in [0.1, 0.15) is 64.4 Å². The van der Waals surface area contributed by atoms with Gasteiger partial charge in [0.25, 0.3) is 0 Å². The molecule has 0 heterocycles. The van der Waals surface area contributed by atoms with E-state index in [4.69, 9.17) is 11.6 Å². The third-order valence-corrected chi connectivity index (χ3v) is 4.78. The van der Waals surface area contributed by atoms with Gasteiger partial charge < -0.3 is 5.11 Å². The highest BCUT2D eigenvalue weighted by atomic mass is 35.5. The Morgan fingerprint density at radius 1 is 1.21 bits per heavy atom. The number of phenols is 1. The highest BCUT2D eigenvalue weighted by Crippen LogP contribution is 2.47. The molecule has 19 heavy (non-hydrogen) atoms. The van der Waals surface area contributed by atoms with Crippen LogP contribution in [0, 0.1) is 5.92 Å². The second-order valence-corrected chi connectivity index (χ2v) is 6.87. The smallest absolute Gasteiger partial charge is 0.119 e. The van der Waals surface area contributed by atoms with Gasteiger partial charge in [0.15, 0.2) is 0 Å². The van der Waals surface area contributed by atoms with Crippen LogP contribution in [0.25, 0.3) is 0 Å². The third-order valence-electron chi connectivity index (χ3n) is 4.54. The number of rotatable bonds is 4. The van der Waals surface area contributed by atoms with Gasteiger partial charge in [0.05, 0.1) is 0 Å². The molecule has 0 unspecified atom stereocenters. The predicted octanol–water partition coefficient (Wildman–Crippen LogP) is 5.68. The first-order valence-electron chi connectivity index (χ1n) is 7.52. The second-order valence-electron chi connectivity index (χ2n) is 6.43. The van der Waals surface area contributed by atoms with Crippen LogP contribution >= 0.6 is 11.6 Å². The quantitative estimate of drug-likeness (QED) is 0.752. The lowest BCUT2D eigenvalue weighted by Gasteiger charge is -2.39. The van der Waals surface area contributed by atoms with Crippen molar-refractivity contribution in [2.75, 3.05) is 0 Å². The van der Waals surface area contributed by atoms with Crippen LogP contribution in [-0.4, -0.2) is 5.11 Å². The molecule has 1 fully saturated rings. The van der Waals surface area contributed by atoms with Crippen LogP contribution in [0.4, 0.5) is 0 Å². The molecule has 1 aromatic rings. The number of halogens is 1. The Morgan fingerprint density at radius 3 is 2.53 bits per heavy atom. The van der Waals surface area contributed by atoms with Crippen LogP contribution < -0.4 is 0 Å². The first-order valence-corrected chi connectivity index (χ1v) is 7.90. The molecule has 2 rings (SSSR count). The lowest BCUT2D eigenvalue weighted by atomic mass is 9.66. The van der Waals surface area contributed by atoms with Crippen LogP contribution in [0.15, 0.2) is 18.2 Å². The molecule has 0 spiro atoms. The maximum Gasteiger partial charge on any atom is 0.119 e. The molecule has 1 aromatic carbocycles. The van der Waals surface area contributed by atoms with E-state index >= 15 is 0 Å². The van der Waals surface area contributed by atoms with Crippen molar-refractivity contribution in [2.45, 2.75) is 64.2 Å². The van der Waals surface area contributed by atoms with Crippen LogP contribution in [0.5, 0.6) is 5.75 Å². The van der Waals surface area contributed by atoms with Gasteiger partial charge in [-0.1, -0.05) is 51.1 Å². The topological polar surface area (TPSA) is 20.2 Å². The molecular formula is C17H25ClO. The molecule has 0 bridgehead atoms. The molecule has 1 N–H and O–H groups in total. The minimum atomic E-state index is 0.150. The molecular weight excluding hydrogens is 256 g/mol. The minimum Gasteiger partial charge on any atom is -0.508 e. The van der Waals surface area contributed by atoms with Gasteiger partial charge >= 0.3 is 0 Å². The number of hydrogen-bond acceptors (Lipinski definition) is 1. The molecule has 1 nitrogen and oxygen atoms in total. The Balaban J connectivity index is 2.32. The van der Waals surface area contributed by atoms with E-state index in [-0.39, 0.29) is 5.41 Å². The molecule has 0 atom stereocenters. The summed E-state index contributed by atoms with van der Waals surface area (Å²) in [5.74, 6) is 1.13. The Hall–Kier alpha value is -0.690. The highest BCUT2D eigenvalue weighted by molar-refractivity contribution is 6.30. The predicted molar refractivity (Wildman–Crippen MR) is 82.0 cm³/mol. The molecule has 1 aliphatic rings. The summed E-state index contributed by atoms with van der Waals surface area (Å²) in [6.07, 6.45) is 8.62. The Morgan fingerprint density at radius 2 is 1.89 bits per heavy atom. The molecule has 106 valence electrons. The Bertz CT molecular complexity index is 419. The van der Waals surface area contributed by atoms with Crippen LogP contribution in [-0.2, 0) is 5.41 Å². The summed E-state index contributed by atoms with van der Waals surface area (Å²) in [6.45, 7) is 4.54. The molecule has 0 aromatic heterocycles. The van der Waals surface area contributed by atoms with Gasteiger partial charge in [-0.2, -0.15) is 0 Å². The van der Waals surface area contributed by atoms with Crippen LogP contribution in [0.3, 0.4) is 0 Å². The van der Waals surface area contributed by atoms with Crippen molar-refractivity contribution in [3.63, 3.8) is 0 Å². The van der Waals surface area contributed by atoms with E-state index in [0.717, 1.165) is 10.6 Å². The molecule has 0 amide bonds. The molecule has 0 radical (unpaired) electrons. The zero-order valence-corrected chi connectivity index (χ0v) is 12.8. The van der Waals surface area contributed by atoms with Gasteiger partial charge in [-0.25, -0.2) is 0 Å². The molecule has 2 heteroatoms. The summed E-state index contributed by atoms with van der Waals surface area (Å²) in [5.41, 5.74) is 1.23. The van der Waals surface area contributed by atoms with Crippen molar-refractivity contribution in [3.05, 3.63) is 28.8 Å². The third kappa shape index (κ3) is 3.45. The molecule has 1 saturated carbocycles. The van der Waals surface area contributed by atoms with Gasteiger partial charge in [0, 0.05) is 10.6 Å². The van der Waals surface area contributed by atoms with Gasteiger partial charge in [-0.3, -0.25) is 0 Å². The Kier molecular flexibility index (Phi) is 4.78. The first kappa shape index (κ1) is 14.7. The van der Waals surface area contributed by atoms with Crippen molar-refractivity contribution in [1.29, 1.82) is 0 Å². The van der Waals surface area contributed by atoms with Gasteiger partial charge in [0.2, 0.25) is 0 Å². The molecule has 0 aliphatic heterocycles. The summed E-state index contributed by atoms with van der Waals surface area (Å²) in [4.78, 5) is 0. The Labute approximate surface area is 122 Å². The minimum absolute atomic E-state index is 0.150. The maximum atomic E-state index is 10.3. The van der Waals surface area contributed by atoms with Crippen molar-refractivity contribution in [2.24, 2.45) is 5.92 Å². The summed E-state index contributed by atoms with van der Waals surface area (Å²) in [6, 6.07) is 5.52. The molecule has 0 saturated heterocycles. The lowest BCUT2D eigenvalue weighted by molar-refractivity contribution is 0.250. The zero-order valence-electron chi connectivity index (χ0n) is 12.1. The highest BCUT2D eigenvalue weighted by Gasteiger charge is 2.35. The largest absolute Gasteiger partial charge is 0.508 e. The zero-order chi connectivity index (χ0) is 13.9. The second kappa shape index (κ2) is 6.17. The number of hydrogen-bond donors (Lipinski definition) is 1. The van der Waals surface area contributed by atoms with E-state index < -0.39 is 0 Å². The number of aromatic hydroxyl groups is 1. The van der Waals surface area contributed by atoms with Crippen molar-refractivity contribution in [3.8, 4) is 5.75 Å². The number of phenolic OH excluding ortho intramolecular Hbond substituents is 1. The standard InChI is InChI=1S/C17H25ClO/c1-13(2)8-11-17(9-4-3-5-10-17)15-12-14(18)6-7-16(15)19/h6-7,12-13,19H,3-5,8-11H2,1-2H3.